The normalized spacial score (nSPS) is 15.8. The van der Waals surface area contributed by atoms with Gasteiger partial charge in [0.2, 0.25) is 6.41 Å². The fraction of sp³-hybridized carbons (Fsp3) is 0.455. The molecule has 1 aromatic heterocycles. The molecule has 1 amide bonds. The highest BCUT2D eigenvalue weighted by Crippen LogP contribution is 2.31. The van der Waals surface area contributed by atoms with Crippen LogP contribution in [0, 0.1) is 0 Å². The van der Waals surface area contributed by atoms with Crippen molar-refractivity contribution in [2.75, 3.05) is 20.3 Å². The maximum Gasteiger partial charge on any atom is 0.213 e. The molecule has 0 spiro atoms. The molecule has 2 heterocycles. The Kier molecular flexibility index (Phi) is 6.11. The van der Waals surface area contributed by atoms with Crippen LogP contribution < -0.4 is 0 Å². The van der Waals surface area contributed by atoms with Gasteiger partial charge in [-0.15, -0.1) is 0 Å². The van der Waals surface area contributed by atoms with Gasteiger partial charge in [-0.1, -0.05) is 17.7 Å². The third kappa shape index (κ3) is 4.30. The molecular formula is C22H29N3O2. The number of fused-ring (bicyclic) bond motifs is 1. The minimum Gasteiger partial charge on any atom is -0.381 e. The molecule has 1 fully saturated rings. The fourth-order valence-corrected chi connectivity index (χ4v) is 3.68. The van der Waals surface area contributed by atoms with Gasteiger partial charge in [0.15, 0.2) is 0 Å². The third-order valence-corrected chi connectivity index (χ3v) is 4.97. The van der Waals surface area contributed by atoms with E-state index in [9.17, 15) is 4.79 Å². The minimum absolute atomic E-state index is 0.462. The zero-order valence-electron chi connectivity index (χ0n) is 16.7. The van der Waals surface area contributed by atoms with Crippen LogP contribution >= 0.6 is 0 Å². The monoisotopic (exact) mass is 367 g/mol. The van der Waals surface area contributed by atoms with Crippen LogP contribution in [-0.2, 0) is 16.1 Å². The molecule has 3 rings (SSSR count). The number of amides is 1. The quantitative estimate of drug-likeness (QED) is 0.563. The van der Waals surface area contributed by atoms with E-state index in [1.165, 1.54) is 11.4 Å². The Balaban J connectivity index is 2.08. The predicted molar refractivity (Wildman–Crippen MR) is 109 cm³/mol. The summed E-state index contributed by atoms with van der Waals surface area (Å²) in [4.78, 5) is 17.6. The zero-order chi connectivity index (χ0) is 19.4. The number of rotatable bonds is 6. The van der Waals surface area contributed by atoms with Crippen molar-refractivity contribution in [3.63, 3.8) is 0 Å². The second-order valence-electron chi connectivity index (χ2n) is 7.38. The van der Waals surface area contributed by atoms with Crippen molar-refractivity contribution in [2.45, 2.75) is 46.1 Å². The Morgan fingerprint density at radius 2 is 2.07 bits per heavy atom. The number of ether oxygens (including phenoxy) is 1. The molecule has 5 heteroatoms. The van der Waals surface area contributed by atoms with Gasteiger partial charge in [-0.05, 0) is 56.9 Å². The number of nitrogens with zero attached hydrogens (tertiary/aromatic N) is 3. The van der Waals surface area contributed by atoms with Crippen LogP contribution in [0.25, 0.3) is 16.6 Å². The number of benzene rings is 1. The van der Waals surface area contributed by atoms with Gasteiger partial charge in [-0.2, -0.15) is 0 Å². The highest BCUT2D eigenvalue weighted by Gasteiger charge is 2.22. The molecule has 0 radical (unpaired) electrons. The lowest BCUT2D eigenvalue weighted by Crippen LogP contribution is -2.17. The SMILES string of the molecule is CCn1c(C2CCOCC2)nc2ccc(/C(C=C(C)C)=C/N(C)C=O)cc21. The maximum atomic E-state index is 11.1. The first-order valence-electron chi connectivity index (χ1n) is 9.65. The van der Waals surface area contributed by atoms with E-state index in [-0.39, 0.29) is 0 Å². The van der Waals surface area contributed by atoms with Gasteiger partial charge in [0.25, 0.3) is 0 Å². The average molecular weight is 367 g/mol. The average Bonchev–Trinajstić information content (AvgIpc) is 3.05. The van der Waals surface area contributed by atoms with Gasteiger partial charge in [0, 0.05) is 38.9 Å². The number of hydrogen-bond donors (Lipinski definition) is 0. The third-order valence-electron chi connectivity index (χ3n) is 4.97. The van der Waals surface area contributed by atoms with E-state index in [0.717, 1.165) is 61.2 Å². The molecule has 0 N–H and O–H groups in total. The topological polar surface area (TPSA) is 47.4 Å². The van der Waals surface area contributed by atoms with Gasteiger partial charge in [-0.3, -0.25) is 4.79 Å². The van der Waals surface area contributed by atoms with E-state index in [0.29, 0.717) is 5.92 Å². The first-order chi connectivity index (χ1) is 13.0. The van der Waals surface area contributed by atoms with Crippen LogP contribution in [0.4, 0.5) is 0 Å². The Bertz CT molecular complexity index is 869. The molecule has 5 nitrogen and oxygen atoms in total. The summed E-state index contributed by atoms with van der Waals surface area (Å²) in [6, 6.07) is 6.37. The predicted octanol–water partition coefficient (Wildman–Crippen LogP) is 4.35. The molecule has 2 aromatic rings. The summed E-state index contributed by atoms with van der Waals surface area (Å²) in [5, 5.41) is 0. The van der Waals surface area contributed by atoms with E-state index < -0.39 is 0 Å². The lowest BCUT2D eigenvalue weighted by molar-refractivity contribution is -0.114. The van der Waals surface area contributed by atoms with Crippen LogP contribution in [0.1, 0.15) is 50.9 Å². The standard InChI is InChI=1S/C22H29N3O2/c1-5-25-21-13-18(19(12-16(2)3)14-24(4)15-26)6-7-20(21)23-22(25)17-8-10-27-11-9-17/h6-7,12-15,17H,5,8-11H2,1-4H3/b19-14+. The number of imidazole rings is 1. The first kappa shape index (κ1) is 19.4. The maximum absolute atomic E-state index is 11.1. The van der Waals surface area contributed by atoms with Gasteiger partial charge in [-0.25, -0.2) is 4.98 Å². The van der Waals surface area contributed by atoms with Crippen LogP contribution in [0.2, 0.25) is 0 Å². The van der Waals surface area contributed by atoms with Crippen molar-refractivity contribution in [1.82, 2.24) is 14.5 Å². The second kappa shape index (κ2) is 8.53. The fourth-order valence-electron chi connectivity index (χ4n) is 3.68. The summed E-state index contributed by atoms with van der Waals surface area (Å²) in [6.45, 7) is 8.81. The van der Waals surface area contributed by atoms with E-state index in [1.54, 1.807) is 11.9 Å². The Hall–Kier alpha value is -2.40. The summed E-state index contributed by atoms with van der Waals surface area (Å²) in [5.41, 5.74) is 5.47. The van der Waals surface area contributed by atoms with Crippen molar-refractivity contribution < 1.29 is 9.53 Å². The number of hydrogen-bond acceptors (Lipinski definition) is 3. The molecule has 144 valence electrons. The molecule has 0 unspecified atom stereocenters. The highest BCUT2D eigenvalue weighted by atomic mass is 16.5. The molecule has 1 saturated heterocycles. The first-order valence-corrected chi connectivity index (χ1v) is 9.65. The Labute approximate surface area is 161 Å². The number of carbonyl (C=O) groups is 1. The molecule has 0 aliphatic carbocycles. The summed E-state index contributed by atoms with van der Waals surface area (Å²) in [6.07, 6.45) is 6.85. The molecule has 0 atom stereocenters. The van der Waals surface area contributed by atoms with Gasteiger partial charge in [0.1, 0.15) is 5.82 Å². The lowest BCUT2D eigenvalue weighted by Gasteiger charge is -2.22. The van der Waals surface area contributed by atoms with Gasteiger partial charge in [0.05, 0.1) is 11.0 Å². The number of allylic oxidation sites excluding steroid dienone is 3. The molecule has 27 heavy (non-hydrogen) atoms. The van der Waals surface area contributed by atoms with E-state index in [1.807, 2.05) is 6.20 Å². The summed E-state index contributed by atoms with van der Waals surface area (Å²) in [5.74, 6) is 1.63. The molecule has 1 aromatic carbocycles. The molecule has 0 saturated carbocycles. The number of carbonyl (C=O) groups excluding carboxylic acids is 1. The largest absolute Gasteiger partial charge is 0.381 e. The van der Waals surface area contributed by atoms with Gasteiger partial charge >= 0.3 is 0 Å². The van der Waals surface area contributed by atoms with E-state index in [4.69, 9.17) is 9.72 Å². The van der Waals surface area contributed by atoms with Crippen molar-refractivity contribution in [3.8, 4) is 0 Å². The second-order valence-corrected chi connectivity index (χ2v) is 7.38. The van der Waals surface area contributed by atoms with Crippen LogP contribution in [0.15, 0.2) is 36.0 Å². The Morgan fingerprint density at radius 3 is 2.70 bits per heavy atom. The van der Waals surface area contributed by atoms with Gasteiger partial charge < -0.3 is 14.2 Å². The summed E-state index contributed by atoms with van der Waals surface area (Å²) < 4.78 is 7.85. The molecule has 0 bridgehead atoms. The zero-order valence-corrected chi connectivity index (χ0v) is 16.7. The highest BCUT2D eigenvalue weighted by molar-refractivity contribution is 5.84. The van der Waals surface area contributed by atoms with Crippen LogP contribution in [-0.4, -0.2) is 41.1 Å². The van der Waals surface area contributed by atoms with E-state index in [2.05, 4.69) is 49.6 Å². The molecule has 1 aliphatic rings. The smallest absolute Gasteiger partial charge is 0.213 e. The van der Waals surface area contributed by atoms with Crippen molar-refractivity contribution in [3.05, 3.63) is 47.4 Å². The Morgan fingerprint density at radius 1 is 1.33 bits per heavy atom. The summed E-state index contributed by atoms with van der Waals surface area (Å²) >= 11 is 0. The lowest BCUT2D eigenvalue weighted by atomic mass is 9.99. The van der Waals surface area contributed by atoms with Crippen LogP contribution in [0.5, 0.6) is 0 Å². The summed E-state index contributed by atoms with van der Waals surface area (Å²) in [7, 11) is 1.75. The number of aryl methyl sites for hydroxylation is 1. The number of aromatic nitrogens is 2. The van der Waals surface area contributed by atoms with Crippen molar-refractivity contribution in [1.29, 1.82) is 0 Å². The molecule has 1 aliphatic heterocycles. The van der Waals surface area contributed by atoms with Crippen molar-refractivity contribution >= 4 is 23.0 Å². The molecular weight excluding hydrogens is 338 g/mol. The van der Waals surface area contributed by atoms with Crippen molar-refractivity contribution in [2.24, 2.45) is 0 Å². The van der Waals surface area contributed by atoms with Crippen LogP contribution in [0.3, 0.4) is 0 Å². The minimum atomic E-state index is 0.462. The van der Waals surface area contributed by atoms with E-state index >= 15 is 0 Å².